The van der Waals surface area contributed by atoms with Gasteiger partial charge in [0.2, 0.25) is 0 Å². The van der Waals surface area contributed by atoms with E-state index in [9.17, 15) is 9.59 Å². The molecule has 0 bridgehead atoms. The lowest BCUT2D eigenvalue weighted by Crippen LogP contribution is -2.26. The van der Waals surface area contributed by atoms with Gasteiger partial charge in [-0.1, -0.05) is 12.8 Å². The molecular weight excluding hydrogens is 360 g/mol. The average molecular weight is 395 g/mol. The summed E-state index contributed by atoms with van der Waals surface area (Å²) in [5.41, 5.74) is 4.83. The van der Waals surface area contributed by atoms with E-state index < -0.39 is 0 Å². The van der Waals surface area contributed by atoms with Crippen LogP contribution >= 0.6 is 0 Å². The lowest BCUT2D eigenvalue weighted by Gasteiger charge is -2.20. The van der Waals surface area contributed by atoms with Crippen molar-refractivity contribution in [3.05, 3.63) is 40.6 Å². The van der Waals surface area contributed by atoms with Crippen molar-refractivity contribution in [1.29, 1.82) is 0 Å². The van der Waals surface area contributed by atoms with Crippen molar-refractivity contribution < 1.29 is 9.59 Å². The Hall–Kier alpha value is -2.20. The van der Waals surface area contributed by atoms with E-state index in [-0.39, 0.29) is 11.6 Å². The lowest BCUT2D eigenvalue weighted by atomic mass is 10.0. The molecule has 0 N–H and O–H groups in total. The summed E-state index contributed by atoms with van der Waals surface area (Å²) in [5.74, 6) is 0.144. The normalized spacial score (nSPS) is 16.2. The SMILES string of the molecule is CC(=O)C(C)=Cc1c(C)n(CCCN2CCCCCC2)c2ccc(C(C)=O)cc12. The average Bonchev–Trinajstić information content (AvgIpc) is 2.85. The summed E-state index contributed by atoms with van der Waals surface area (Å²) in [7, 11) is 0. The molecule has 0 unspecified atom stereocenters. The van der Waals surface area contributed by atoms with E-state index in [0.717, 1.165) is 47.2 Å². The van der Waals surface area contributed by atoms with Crippen LogP contribution in [-0.4, -0.2) is 40.7 Å². The molecule has 1 aliphatic rings. The van der Waals surface area contributed by atoms with E-state index in [1.807, 2.05) is 25.1 Å². The molecule has 1 aliphatic heterocycles. The van der Waals surface area contributed by atoms with Crippen molar-refractivity contribution >= 4 is 28.5 Å². The van der Waals surface area contributed by atoms with Gasteiger partial charge in [-0.05, 0) is 96.4 Å². The summed E-state index contributed by atoms with van der Waals surface area (Å²) in [6, 6.07) is 5.96. The third-order valence-electron chi connectivity index (χ3n) is 6.25. The van der Waals surface area contributed by atoms with Crippen molar-refractivity contribution in [3.63, 3.8) is 0 Å². The number of hydrogen-bond donors (Lipinski definition) is 0. The van der Waals surface area contributed by atoms with Crippen LogP contribution in [0.4, 0.5) is 0 Å². The Labute approximate surface area is 174 Å². The quantitative estimate of drug-likeness (QED) is 0.466. The number of allylic oxidation sites excluding steroid dienone is 1. The largest absolute Gasteiger partial charge is 0.344 e. The number of rotatable bonds is 7. The number of carbonyl (C=O) groups is 2. The van der Waals surface area contributed by atoms with E-state index in [0.29, 0.717) is 5.56 Å². The molecule has 4 nitrogen and oxygen atoms in total. The molecule has 3 rings (SSSR count). The van der Waals surface area contributed by atoms with Crippen molar-refractivity contribution in [2.45, 2.75) is 66.3 Å². The Balaban J connectivity index is 1.91. The summed E-state index contributed by atoms with van der Waals surface area (Å²) in [6.07, 6.45) is 8.45. The predicted molar refractivity (Wildman–Crippen MR) is 121 cm³/mol. The third-order valence-corrected chi connectivity index (χ3v) is 6.25. The Morgan fingerprint density at radius 3 is 2.31 bits per heavy atom. The van der Waals surface area contributed by atoms with Crippen LogP contribution in [-0.2, 0) is 11.3 Å². The van der Waals surface area contributed by atoms with Crippen LogP contribution in [0.3, 0.4) is 0 Å². The molecule has 0 amide bonds. The maximum Gasteiger partial charge on any atom is 0.159 e. The maximum absolute atomic E-state index is 11.9. The zero-order chi connectivity index (χ0) is 21.0. The summed E-state index contributed by atoms with van der Waals surface area (Å²) >= 11 is 0. The Bertz CT molecular complexity index is 928. The molecule has 0 spiro atoms. The molecule has 1 saturated heterocycles. The minimum Gasteiger partial charge on any atom is -0.344 e. The molecule has 2 aromatic rings. The minimum atomic E-state index is 0.0664. The highest BCUT2D eigenvalue weighted by atomic mass is 16.1. The van der Waals surface area contributed by atoms with Crippen LogP contribution in [0.5, 0.6) is 0 Å². The van der Waals surface area contributed by atoms with Crippen LogP contribution in [0.1, 0.15) is 74.5 Å². The Morgan fingerprint density at radius 1 is 1.00 bits per heavy atom. The molecule has 0 radical (unpaired) electrons. The van der Waals surface area contributed by atoms with Crippen molar-refractivity contribution in [2.24, 2.45) is 0 Å². The zero-order valence-electron chi connectivity index (χ0n) is 18.4. The van der Waals surface area contributed by atoms with Crippen molar-refractivity contribution in [1.82, 2.24) is 9.47 Å². The second-order valence-electron chi connectivity index (χ2n) is 8.43. The van der Waals surface area contributed by atoms with Gasteiger partial charge in [0.1, 0.15) is 0 Å². The Morgan fingerprint density at radius 2 is 1.69 bits per heavy atom. The zero-order valence-corrected chi connectivity index (χ0v) is 18.4. The van der Waals surface area contributed by atoms with E-state index in [2.05, 4.69) is 22.5 Å². The van der Waals surface area contributed by atoms with Gasteiger partial charge in [-0.25, -0.2) is 0 Å². The molecule has 1 aromatic heterocycles. The molecule has 1 aromatic carbocycles. The van der Waals surface area contributed by atoms with Gasteiger partial charge in [-0.15, -0.1) is 0 Å². The first-order valence-electron chi connectivity index (χ1n) is 10.9. The number of benzene rings is 1. The first-order chi connectivity index (χ1) is 13.9. The van der Waals surface area contributed by atoms with Gasteiger partial charge < -0.3 is 9.47 Å². The summed E-state index contributed by atoms with van der Waals surface area (Å²) in [6.45, 7) is 11.7. The van der Waals surface area contributed by atoms with Gasteiger partial charge in [0.15, 0.2) is 11.6 Å². The van der Waals surface area contributed by atoms with Gasteiger partial charge in [-0.3, -0.25) is 9.59 Å². The van der Waals surface area contributed by atoms with Gasteiger partial charge in [0.05, 0.1) is 0 Å². The molecule has 4 heteroatoms. The van der Waals surface area contributed by atoms with Crippen molar-refractivity contribution in [2.75, 3.05) is 19.6 Å². The predicted octanol–water partition coefficient (Wildman–Crippen LogP) is 5.41. The fourth-order valence-corrected chi connectivity index (χ4v) is 4.33. The standard InChI is InChI=1S/C25H34N2O2/c1-18(20(3)28)16-23-19(2)27(15-9-14-26-12-7-5-6-8-13-26)25-11-10-22(21(4)29)17-24(23)25/h10-11,16-17H,5-9,12-15H2,1-4H3. The van der Waals surface area contributed by atoms with Gasteiger partial charge in [0, 0.05) is 34.3 Å². The molecule has 0 atom stereocenters. The highest BCUT2D eigenvalue weighted by Crippen LogP contribution is 2.30. The summed E-state index contributed by atoms with van der Waals surface area (Å²) in [4.78, 5) is 26.3. The number of aromatic nitrogens is 1. The van der Waals surface area contributed by atoms with Gasteiger partial charge >= 0.3 is 0 Å². The monoisotopic (exact) mass is 394 g/mol. The molecule has 1 fully saturated rings. The first kappa shape index (κ1) is 21.5. The lowest BCUT2D eigenvalue weighted by molar-refractivity contribution is -0.113. The minimum absolute atomic E-state index is 0.0664. The molecule has 156 valence electrons. The van der Waals surface area contributed by atoms with Crippen LogP contribution in [0.15, 0.2) is 23.8 Å². The Kier molecular flexibility index (Phi) is 7.07. The highest BCUT2D eigenvalue weighted by Gasteiger charge is 2.16. The second-order valence-corrected chi connectivity index (χ2v) is 8.43. The smallest absolute Gasteiger partial charge is 0.159 e. The van der Waals surface area contributed by atoms with E-state index in [4.69, 9.17) is 0 Å². The molecular formula is C25H34N2O2. The fraction of sp³-hybridized carbons (Fsp3) is 0.520. The number of Topliss-reactive ketones (excluding diaryl/α,β-unsaturated/α-hetero) is 2. The molecule has 2 heterocycles. The van der Waals surface area contributed by atoms with Crippen LogP contribution in [0, 0.1) is 6.92 Å². The first-order valence-corrected chi connectivity index (χ1v) is 10.9. The number of nitrogens with zero attached hydrogens (tertiary/aromatic N) is 2. The van der Waals surface area contributed by atoms with Crippen molar-refractivity contribution in [3.8, 4) is 0 Å². The molecule has 0 saturated carbocycles. The summed E-state index contributed by atoms with van der Waals surface area (Å²) < 4.78 is 2.36. The number of carbonyl (C=O) groups excluding carboxylic acids is 2. The number of likely N-dealkylation sites (tertiary alicyclic amines) is 1. The highest BCUT2D eigenvalue weighted by molar-refractivity contribution is 6.03. The van der Waals surface area contributed by atoms with Crippen LogP contribution in [0.2, 0.25) is 0 Å². The van der Waals surface area contributed by atoms with Crippen LogP contribution < -0.4 is 0 Å². The topological polar surface area (TPSA) is 42.3 Å². The van der Waals surface area contributed by atoms with E-state index in [1.54, 1.807) is 13.8 Å². The van der Waals surface area contributed by atoms with Gasteiger partial charge in [0.25, 0.3) is 0 Å². The van der Waals surface area contributed by atoms with Crippen LogP contribution in [0.25, 0.3) is 17.0 Å². The molecule has 0 aliphatic carbocycles. The number of fused-ring (bicyclic) bond motifs is 1. The second kappa shape index (κ2) is 9.53. The summed E-state index contributed by atoms with van der Waals surface area (Å²) in [5, 5.41) is 1.06. The maximum atomic E-state index is 11.9. The molecule has 29 heavy (non-hydrogen) atoms. The van der Waals surface area contributed by atoms with Gasteiger partial charge in [-0.2, -0.15) is 0 Å². The van der Waals surface area contributed by atoms with E-state index >= 15 is 0 Å². The fourth-order valence-electron chi connectivity index (χ4n) is 4.33. The number of ketones is 2. The third kappa shape index (κ3) is 5.05. The number of hydrogen-bond acceptors (Lipinski definition) is 3. The van der Waals surface area contributed by atoms with E-state index in [1.165, 1.54) is 38.8 Å². The number of aryl methyl sites for hydroxylation is 1.